The maximum Gasteiger partial charge on any atom is 0.289 e. The smallest absolute Gasteiger partial charge is 0.289 e. The number of nitrogens with two attached hydrogens (primary N) is 1. The van der Waals surface area contributed by atoms with E-state index in [1.807, 2.05) is 0 Å². The average Bonchev–Trinajstić information content (AvgIpc) is 2.21. The van der Waals surface area contributed by atoms with Gasteiger partial charge in [-0.25, -0.2) is 13.2 Å². The van der Waals surface area contributed by atoms with E-state index in [9.17, 15) is 13.2 Å². The fourth-order valence-electron chi connectivity index (χ4n) is 1.29. The van der Waals surface area contributed by atoms with Gasteiger partial charge in [0.05, 0.1) is 6.04 Å². The molecule has 0 aliphatic rings. The van der Waals surface area contributed by atoms with E-state index in [4.69, 9.17) is 10.8 Å². The molecule has 0 saturated carbocycles. The summed E-state index contributed by atoms with van der Waals surface area (Å²) in [6.07, 6.45) is 0. The number of hydrogen-bond donors (Lipinski definition) is 2. The van der Waals surface area contributed by atoms with Crippen LogP contribution in [0.4, 0.5) is 13.2 Å². The van der Waals surface area contributed by atoms with Crippen molar-refractivity contribution in [1.29, 1.82) is 0 Å². The summed E-state index contributed by atoms with van der Waals surface area (Å²) in [7, 11) is 0. The third kappa shape index (κ3) is 2.30. The maximum absolute atomic E-state index is 13.1. The van der Waals surface area contributed by atoms with E-state index >= 15 is 0 Å². The molecule has 0 radical (unpaired) electrons. The van der Waals surface area contributed by atoms with Crippen LogP contribution < -0.4 is 5.73 Å². The predicted molar refractivity (Wildman–Crippen MR) is 50.1 cm³/mol. The molecule has 15 heavy (non-hydrogen) atoms. The van der Waals surface area contributed by atoms with Crippen LogP contribution in [0.15, 0.2) is 18.2 Å². The molecular formula is C10H12F3NO. The maximum atomic E-state index is 13.1. The molecular weight excluding hydrogens is 207 g/mol. The Morgan fingerprint density at radius 3 is 2.60 bits per heavy atom. The van der Waals surface area contributed by atoms with Crippen LogP contribution in [0.3, 0.4) is 0 Å². The largest absolute Gasteiger partial charge is 0.390 e. The lowest BCUT2D eigenvalue weighted by atomic mass is 9.97. The highest BCUT2D eigenvalue weighted by atomic mass is 19.3. The molecule has 1 rings (SSSR count). The van der Waals surface area contributed by atoms with E-state index in [0.717, 1.165) is 0 Å². The lowest BCUT2D eigenvalue weighted by Crippen LogP contribution is -2.36. The lowest BCUT2D eigenvalue weighted by Gasteiger charge is -2.23. The fourth-order valence-corrected chi connectivity index (χ4v) is 1.29. The minimum atomic E-state index is -3.45. The summed E-state index contributed by atoms with van der Waals surface area (Å²) in [6, 6.07) is 2.11. The molecule has 0 saturated heterocycles. The van der Waals surface area contributed by atoms with Gasteiger partial charge in [0, 0.05) is 0 Å². The van der Waals surface area contributed by atoms with E-state index in [2.05, 4.69) is 0 Å². The second kappa shape index (κ2) is 4.20. The third-order valence-corrected chi connectivity index (χ3v) is 2.31. The summed E-state index contributed by atoms with van der Waals surface area (Å²) >= 11 is 0. The molecule has 1 aromatic rings. The van der Waals surface area contributed by atoms with Crippen LogP contribution in [-0.4, -0.2) is 17.6 Å². The molecule has 0 bridgehead atoms. The van der Waals surface area contributed by atoms with Gasteiger partial charge in [0.2, 0.25) is 0 Å². The van der Waals surface area contributed by atoms with Crippen molar-refractivity contribution in [3.63, 3.8) is 0 Å². The van der Waals surface area contributed by atoms with Gasteiger partial charge in [0.1, 0.15) is 12.4 Å². The number of alkyl halides is 2. The van der Waals surface area contributed by atoms with Crippen LogP contribution >= 0.6 is 0 Å². The van der Waals surface area contributed by atoms with Gasteiger partial charge in [0.15, 0.2) is 0 Å². The molecule has 0 aromatic heterocycles. The number of aliphatic hydroxyl groups is 1. The first-order valence-corrected chi connectivity index (χ1v) is 4.39. The third-order valence-electron chi connectivity index (χ3n) is 2.31. The molecule has 84 valence electrons. The summed E-state index contributed by atoms with van der Waals surface area (Å²) in [5.41, 5.74) is 5.37. The van der Waals surface area contributed by atoms with Crippen molar-refractivity contribution in [2.24, 2.45) is 5.73 Å². The second-order valence-electron chi connectivity index (χ2n) is 3.35. The van der Waals surface area contributed by atoms with Crippen LogP contribution in [0.1, 0.15) is 17.2 Å². The molecule has 1 atom stereocenters. The van der Waals surface area contributed by atoms with Crippen molar-refractivity contribution in [2.45, 2.75) is 18.9 Å². The number of rotatable bonds is 3. The number of halogens is 3. The Labute approximate surface area is 85.5 Å². The molecule has 0 aliphatic heterocycles. The van der Waals surface area contributed by atoms with Crippen LogP contribution in [0.2, 0.25) is 0 Å². The number of benzene rings is 1. The minimum Gasteiger partial charge on any atom is -0.390 e. The molecule has 5 heteroatoms. The van der Waals surface area contributed by atoms with Gasteiger partial charge in [-0.1, -0.05) is 12.1 Å². The lowest BCUT2D eigenvalue weighted by molar-refractivity contribution is -0.0713. The molecule has 0 unspecified atom stereocenters. The minimum absolute atomic E-state index is 0.00838. The highest BCUT2D eigenvalue weighted by Gasteiger charge is 2.38. The molecule has 0 heterocycles. The summed E-state index contributed by atoms with van der Waals surface area (Å²) in [5.74, 6) is -4.03. The van der Waals surface area contributed by atoms with Crippen LogP contribution in [0, 0.1) is 12.7 Å². The quantitative estimate of drug-likeness (QED) is 0.813. The molecule has 0 aliphatic carbocycles. The van der Waals surface area contributed by atoms with Gasteiger partial charge >= 0.3 is 0 Å². The van der Waals surface area contributed by atoms with E-state index < -0.39 is 24.4 Å². The average molecular weight is 219 g/mol. The van der Waals surface area contributed by atoms with Gasteiger partial charge in [-0.3, -0.25) is 0 Å². The predicted octanol–water partition coefficient (Wildman–Crippen LogP) is 1.76. The van der Waals surface area contributed by atoms with Crippen LogP contribution in [0.5, 0.6) is 0 Å². The van der Waals surface area contributed by atoms with Crippen LogP contribution in [-0.2, 0) is 0 Å². The van der Waals surface area contributed by atoms with Gasteiger partial charge in [0.25, 0.3) is 5.92 Å². The van der Waals surface area contributed by atoms with Crippen LogP contribution in [0.25, 0.3) is 0 Å². The van der Waals surface area contributed by atoms with Gasteiger partial charge < -0.3 is 10.8 Å². The van der Waals surface area contributed by atoms with Crippen molar-refractivity contribution in [3.05, 3.63) is 35.1 Å². The first-order valence-electron chi connectivity index (χ1n) is 4.39. The van der Waals surface area contributed by atoms with E-state index in [-0.39, 0.29) is 11.1 Å². The molecule has 0 fully saturated rings. The zero-order valence-corrected chi connectivity index (χ0v) is 8.17. The van der Waals surface area contributed by atoms with Crippen molar-refractivity contribution in [1.82, 2.24) is 0 Å². The zero-order chi connectivity index (χ0) is 11.6. The number of hydrogen-bond acceptors (Lipinski definition) is 2. The Morgan fingerprint density at radius 1 is 1.47 bits per heavy atom. The standard InChI is InChI=1S/C10H12F3NO/c1-6-7(3-2-4-8(6)11)9(14)10(12,13)5-15/h2-4,9,15H,5,14H2,1H3/t9-/m1/s1. The van der Waals surface area contributed by atoms with Crippen molar-refractivity contribution < 1.29 is 18.3 Å². The molecule has 1 aromatic carbocycles. The normalized spacial score (nSPS) is 14.0. The monoisotopic (exact) mass is 219 g/mol. The first kappa shape index (κ1) is 12.0. The van der Waals surface area contributed by atoms with Gasteiger partial charge in [-0.15, -0.1) is 0 Å². The Hall–Kier alpha value is -1.07. The van der Waals surface area contributed by atoms with E-state index in [1.54, 1.807) is 0 Å². The van der Waals surface area contributed by atoms with E-state index in [1.165, 1.54) is 25.1 Å². The number of aliphatic hydroxyl groups excluding tert-OH is 1. The Kier molecular flexibility index (Phi) is 3.36. The SMILES string of the molecule is Cc1c(F)cccc1[C@@H](N)C(F)(F)CO. The second-order valence-corrected chi connectivity index (χ2v) is 3.35. The molecule has 3 N–H and O–H groups in total. The van der Waals surface area contributed by atoms with E-state index in [0.29, 0.717) is 0 Å². The molecule has 2 nitrogen and oxygen atoms in total. The van der Waals surface area contributed by atoms with Crippen molar-refractivity contribution in [3.8, 4) is 0 Å². The molecule has 0 spiro atoms. The Morgan fingerprint density at radius 2 is 2.07 bits per heavy atom. The molecule has 0 amide bonds. The zero-order valence-electron chi connectivity index (χ0n) is 8.17. The fraction of sp³-hybridized carbons (Fsp3) is 0.400. The first-order chi connectivity index (χ1) is 6.90. The summed E-state index contributed by atoms with van der Waals surface area (Å²) in [5, 5.41) is 8.46. The summed E-state index contributed by atoms with van der Waals surface area (Å²) in [6.45, 7) is 0.0160. The topological polar surface area (TPSA) is 46.2 Å². The summed E-state index contributed by atoms with van der Waals surface area (Å²) in [4.78, 5) is 0. The Bertz CT molecular complexity index is 355. The summed E-state index contributed by atoms with van der Waals surface area (Å²) < 4.78 is 39.2. The Balaban J connectivity index is 3.12. The van der Waals surface area contributed by atoms with Gasteiger partial charge in [-0.2, -0.15) is 0 Å². The highest BCUT2D eigenvalue weighted by molar-refractivity contribution is 5.31. The van der Waals surface area contributed by atoms with Gasteiger partial charge in [-0.05, 0) is 24.1 Å². The highest BCUT2D eigenvalue weighted by Crippen LogP contribution is 2.31. The van der Waals surface area contributed by atoms with Crippen molar-refractivity contribution >= 4 is 0 Å². The van der Waals surface area contributed by atoms with Crippen molar-refractivity contribution in [2.75, 3.05) is 6.61 Å².